The van der Waals surface area contributed by atoms with E-state index in [1.54, 1.807) is 7.05 Å². The number of hydrogen-bond acceptors (Lipinski definition) is 6. The van der Waals surface area contributed by atoms with E-state index in [1.165, 1.54) is 16.3 Å². The number of aromatic amines is 1. The maximum absolute atomic E-state index is 11.8. The third-order valence-corrected chi connectivity index (χ3v) is 3.85. The maximum atomic E-state index is 11.8. The quantitative estimate of drug-likeness (QED) is 0.585. The van der Waals surface area contributed by atoms with Crippen molar-refractivity contribution < 1.29 is 0 Å². The van der Waals surface area contributed by atoms with Gasteiger partial charge in [0.05, 0.1) is 0 Å². The van der Waals surface area contributed by atoms with Crippen molar-refractivity contribution >= 4 is 28.7 Å². The number of piperazine rings is 1. The van der Waals surface area contributed by atoms with Crippen LogP contribution in [0.4, 0.5) is 5.82 Å². The van der Waals surface area contributed by atoms with Gasteiger partial charge in [-0.05, 0) is 6.26 Å². The minimum Gasteiger partial charge on any atom is -0.352 e. The molecule has 0 spiro atoms. The first kappa shape index (κ1) is 12.5. The Morgan fingerprint density at radius 2 is 2.00 bits per heavy atom. The van der Waals surface area contributed by atoms with Crippen LogP contribution in [0.2, 0.25) is 0 Å². The molecule has 8 heteroatoms. The summed E-state index contributed by atoms with van der Waals surface area (Å²) in [4.78, 5) is 25.8. The molecular weight excluding hydrogens is 264 g/mol. The molecule has 3 heterocycles. The Morgan fingerprint density at radius 3 is 2.68 bits per heavy atom. The Morgan fingerprint density at radius 1 is 1.26 bits per heavy atom. The van der Waals surface area contributed by atoms with Crippen LogP contribution in [-0.2, 0) is 7.05 Å². The molecule has 1 aliphatic heterocycles. The zero-order valence-corrected chi connectivity index (χ0v) is 11.8. The minimum atomic E-state index is -0.154. The average Bonchev–Trinajstić information content (AvgIpc) is 2.74. The van der Waals surface area contributed by atoms with Crippen molar-refractivity contribution in [1.82, 2.24) is 24.8 Å². The molecule has 1 aliphatic rings. The van der Waals surface area contributed by atoms with Gasteiger partial charge in [0.15, 0.2) is 16.6 Å². The monoisotopic (exact) mass is 280 g/mol. The molecule has 0 amide bonds. The molecule has 0 aliphatic carbocycles. The third kappa shape index (κ3) is 2.10. The van der Waals surface area contributed by atoms with Gasteiger partial charge in [-0.1, -0.05) is 11.8 Å². The standard InChI is InChI=1S/C11H16N6OS/c1-16-8-7(13-11(16)18)9(15-10(14-8)19-2)17-5-3-12-4-6-17/h12H,3-6H2,1-2H3,(H,13,18). The Balaban J connectivity index is 2.20. The summed E-state index contributed by atoms with van der Waals surface area (Å²) in [6.45, 7) is 3.63. The smallest absolute Gasteiger partial charge is 0.327 e. The number of fused-ring (bicyclic) bond motifs is 1. The summed E-state index contributed by atoms with van der Waals surface area (Å²) in [5.74, 6) is 0.827. The third-order valence-electron chi connectivity index (χ3n) is 3.30. The van der Waals surface area contributed by atoms with Crippen LogP contribution < -0.4 is 15.9 Å². The number of nitrogens with one attached hydrogen (secondary N) is 2. The van der Waals surface area contributed by atoms with Crippen LogP contribution >= 0.6 is 11.8 Å². The number of anilines is 1. The first-order chi connectivity index (χ1) is 9.20. The minimum absolute atomic E-state index is 0.154. The molecule has 2 aromatic heterocycles. The van der Waals surface area contributed by atoms with E-state index in [1.807, 2.05) is 6.26 Å². The van der Waals surface area contributed by atoms with Crippen molar-refractivity contribution in [3.05, 3.63) is 10.5 Å². The van der Waals surface area contributed by atoms with Crippen LogP contribution in [0.5, 0.6) is 0 Å². The van der Waals surface area contributed by atoms with Gasteiger partial charge >= 0.3 is 5.69 Å². The fourth-order valence-corrected chi connectivity index (χ4v) is 2.61. The zero-order valence-electron chi connectivity index (χ0n) is 10.9. The molecule has 1 saturated heterocycles. The van der Waals surface area contributed by atoms with Gasteiger partial charge in [0.25, 0.3) is 0 Å². The lowest BCUT2D eigenvalue weighted by molar-refractivity contribution is 0.584. The van der Waals surface area contributed by atoms with E-state index >= 15 is 0 Å². The largest absolute Gasteiger partial charge is 0.352 e. The number of rotatable bonds is 2. The Bertz CT molecular complexity index is 657. The lowest BCUT2D eigenvalue weighted by Gasteiger charge is -2.28. The topological polar surface area (TPSA) is 78.8 Å². The number of imidazole rings is 1. The van der Waals surface area contributed by atoms with Gasteiger partial charge in [-0.2, -0.15) is 0 Å². The Kier molecular flexibility index (Phi) is 3.19. The Hall–Kier alpha value is -1.54. The predicted octanol–water partition coefficient (Wildman–Crippen LogP) is -0.212. The highest BCUT2D eigenvalue weighted by Crippen LogP contribution is 2.24. The fourth-order valence-electron chi connectivity index (χ4n) is 2.26. The summed E-state index contributed by atoms with van der Waals surface area (Å²) < 4.78 is 1.53. The van der Waals surface area contributed by atoms with Crippen molar-refractivity contribution in [3.8, 4) is 0 Å². The normalized spacial score (nSPS) is 16.2. The van der Waals surface area contributed by atoms with Crippen molar-refractivity contribution in [3.63, 3.8) is 0 Å². The molecule has 2 aromatic rings. The van der Waals surface area contributed by atoms with Gasteiger partial charge in [-0.15, -0.1) is 0 Å². The van der Waals surface area contributed by atoms with E-state index in [-0.39, 0.29) is 5.69 Å². The molecule has 0 aromatic carbocycles. The predicted molar refractivity (Wildman–Crippen MR) is 76.0 cm³/mol. The lowest BCUT2D eigenvalue weighted by Crippen LogP contribution is -2.44. The van der Waals surface area contributed by atoms with E-state index in [9.17, 15) is 4.79 Å². The molecule has 19 heavy (non-hydrogen) atoms. The van der Waals surface area contributed by atoms with Gasteiger partial charge < -0.3 is 15.2 Å². The highest BCUT2D eigenvalue weighted by atomic mass is 32.2. The lowest BCUT2D eigenvalue weighted by atomic mass is 10.3. The SMILES string of the molecule is CSc1nc(N2CCNCC2)c2[nH]c(=O)n(C)c2n1. The van der Waals surface area contributed by atoms with Gasteiger partial charge in [0.1, 0.15) is 5.52 Å². The zero-order chi connectivity index (χ0) is 13.4. The highest BCUT2D eigenvalue weighted by Gasteiger charge is 2.19. The number of thioether (sulfide) groups is 1. The van der Waals surface area contributed by atoms with Crippen molar-refractivity contribution in [2.75, 3.05) is 37.3 Å². The summed E-state index contributed by atoms with van der Waals surface area (Å²) in [7, 11) is 1.72. The molecule has 1 fully saturated rings. The second-order valence-electron chi connectivity index (χ2n) is 4.46. The van der Waals surface area contributed by atoms with Crippen molar-refractivity contribution in [1.29, 1.82) is 0 Å². The molecule has 0 saturated carbocycles. The molecular formula is C11H16N6OS. The Labute approximate surface area is 114 Å². The van der Waals surface area contributed by atoms with Crippen LogP contribution in [0, 0.1) is 0 Å². The number of H-pyrrole nitrogens is 1. The molecule has 102 valence electrons. The molecule has 0 radical (unpaired) electrons. The van der Waals surface area contributed by atoms with Crippen LogP contribution in [0.1, 0.15) is 0 Å². The van der Waals surface area contributed by atoms with Gasteiger partial charge in [0, 0.05) is 33.2 Å². The molecule has 0 unspecified atom stereocenters. The number of hydrogen-bond donors (Lipinski definition) is 2. The molecule has 7 nitrogen and oxygen atoms in total. The number of aromatic nitrogens is 4. The van der Waals surface area contributed by atoms with E-state index < -0.39 is 0 Å². The van der Waals surface area contributed by atoms with E-state index in [2.05, 4.69) is 25.2 Å². The second-order valence-corrected chi connectivity index (χ2v) is 5.23. The number of nitrogens with zero attached hydrogens (tertiary/aromatic N) is 4. The fraction of sp³-hybridized carbons (Fsp3) is 0.545. The van der Waals surface area contributed by atoms with Crippen molar-refractivity contribution in [2.24, 2.45) is 7.05 Å². The second kappa shape index (κ2) is 4.86. The van der Waals surface area contributed by atoms with Crippen LogP contribution in [0.3, 0.4) is 0 Å². The first-order valence-corrected chi connectivity index (χ1v) is 7.39. The van der Waals surface area contributed by atoms with E-state index in [0.29, 0.717) is 10.8 Å². The van der Waals surface area contributed by atoms with Crippen molar-refractivity contribution in [2.45, 2.75) is 5.16 Å². The van der Waals surface area contributed by atoms with Crippen LogP contribution in [0.15, 0.2) is 9.95 Å². The van der Waals surface area contributed by atoms with E-state index in [0.717, 1.165) is 37.5 Å². The first-order valence-electron chi connectivity index (χ1n) is 6.17. The van der Waals surface area contributed by atoms with Gasteiger partial charge in [0.2, 0.25) is 0 Å². The molecule has 0 atom stereocenters. The van der Waals surface area contributed by atoms with Crippen LogP contribution in [-0.4, -0.2) is 52.0 Å². The summed E-state index contributed by atoms with van der Waals surface area (Å²) in [6.07, 6.45) is 1.94. The number of aryl methyl sites for hydroxylation is 1. The molecule has 3 rings (SSSR count). The summed E-state index contributed by atoms with van der Waals surface area (Å²) in [5, 5.41) is 4.00. The van der Waals surface area contributed by atoms with Crippen LogP contribution in [0.25, 0.3) is 11.2 Å². The summed E-state index contributed by atoms with van der Waals surface area (Å²) in [6, 6.07) is 0. The van der Waals surface area contributed by atoms with Gasteiger partial charge in [-0.25, -0.2) is 14.8 Å². The van der Waals surface area contributed by atoms with Gasteiger partial charge in [-0.3, -0.25) is 4.57 Å². The average molecular weight is 280 g/mol. The highest BCUT2D eigenvalue weighted by molar-refractivity contribution is 7.98. The molecule has 2 N–H and O–H groups in total. The van der Waals surface area contributed by atoms with E-state index in [4.69, 9.17) is 0 Å². The molecule has 0 bridgehead atoms. The summed E-state index contributed by atoms with van der Waals surface area (Å²) in [5.41, 5.74) is 1.24. The summed E-state index contributed by atoms with van der Waals surface area (Å²) >= 11 is 1.49. The maximum Gasteiger partial charge on any atom is 0.327 e.